The number of hydrogen-bond acceptors (Lipinski definition) is 9. The number of aromatic nitrogens is 3. The second-order valence-corrected chi connectivity index (χ2v) is 9.47. The molecule has 0 aliphatic heterocycles. The Morgan fingerprint density at radius 1 is 0.872 bits per heavy atom. The molecular formula is C28H31N5O5S. The lowest BCUT2D eigenvalue weighted by molar-refractivity contribution is -0.113. The van der Waals surface area contributed by atoms with Crippen LogP contribution in [0.4, 0.5) is 11.4 Å². The molecule has 1 N–H and O–H groups in total. The van der Waals surface area contributed by atoms with E-state index in [1.54, 1.807) is 52.7 Å². The van der Waals surface area contributed by atoms with Gasteiger partial charge >= 0.3 is 0 Å². The minimum Gasteiger partial charge on any atom is -0.497 e. The van der Waals surface area contributed by atoms with Gasteiger partial charge in [-0.1, -0.05) is 11.8 Å². The number of methoxy groups -OCH3 is 4. The number of ether oxygens (including phenoxy) is 4. The fraction of sp³-hybridized carbons (Fsp3) is 0.250. The minimum atomic E-state index is -0.169. The zero-order chi connectivity index (χ0) is 27.9. The van der Waals surface area contributed by atoms with Gasteiger partial charge in [-0.2, -0.15) is 0 Å². The van der Waals surface area contributed by atoms with Gasteiger partial charge in [-0.05, 0) is 60.7 Å². The van der Waals surface area contributed by atoms with Crippen LogP contribution in [-0.2, 0) is 4.79 Å². The molecule has 0 aliphatic carbocycles. The molecule has 4 aromatic rings. The zero-order valence-corrected chi connectivity index (χ0v) is 23.5. The van der Waals surface area contributed by atoms with E-state index in [0.29, 0.717) is 39.5 Å². The van der Waals surface area contributed by atoms with Crippen molar-refractivity contribution in [2.24, 2.45) is 0 Å². The van der Waals surface area contributed by atoms with Gasteiger partial charge in [0, 0.05) is 36.7 Å². The monoisotopic (exact) mass is 549 g/mol. The summed E-state index contributed by atoms with van der Waals surface area (Å²) in [6.45, 7) is 0. The first-order valence-corrected chi connectivity index (χ1v) is 13.0. The van der Waals surface area contributed by atoms with Crippen molar-refractivity contribution in [2.75, 3.05) is 58.5 Å². The van der Waals surface area contributed by atoms with Crippen LogP contribution >= 0.6 is 11.8 Å². The van der Waals surface area contributed by atoms with Crippen LogP contribution in [0.25, 0.3) is 17.1 Å². The summed E-state index contributed by atoms with van der Waals surface area (Å²) >= 11 is 1.29. The molecule has 204 valence electrons. The van der Waals surface area contributed by atoms with Gasteiger partial charge in [0.1, 0.15) is 5.75 Å². The fourth-order valence-electron chi connectivity index (χ4n) is 3.89. The highest BCUT2D eigenvalue weighted by molar-refractivity contribution is 7.99. The number of carbonyl (C=O) groups is 1. The first kappa shape index (κ1) is 27.6. The second kappa shape index (κ2) is 12.4. The summed E-state index contributed by atoms with van der Waals surface area (Å²) in [7, 11) is 10.2. The van der Waals surface area contributed by atoms with Crippen LogP contribution in [-0.4, -0.2) is 69.0 Å². The van der Waals surface area contributed by atoms with E-state index in [1.165, 1.54) is 11.8 Å². The van der Waals surface area contributed by atoms with E-state index in [9.17, 15) is 4.79 Å². The number of hydrogen-bond donors (Lipinski definition) is 1. The fourth-order valence-corrected chi connectivity index (χ4v) is 4.65. The largest absolute Gasteiger partial charge is 0.497 e. The van der Waals surface area contributed by atoms with Crippen LogP contribution in [0.15, 0.2) is 65.8 Å². The molecular weight excluding hydrogens is 518 g/mol. The molecule has 11 heteroatoms. The summed E-state index contributed by atoms with van der Waals surface area (Å²) in [6.07, 6.45) is 0. The van der Waals surface area contributed by atoms with Crippen LogP contribution in [0.5, 0.6) is 23.0 Å². The highest BCUT2D eigenvalue weighted by atomic mass is 32.2. The third-order valence-corrected chi connectivity index (χ3v) is 6.82. The Bertz CT molecular complexity index is 1400. The van der Waals surface area contributed by atoms with Crippen molar-refractivity contribution in [3.8, 4) is 40.1 Å². The number of benzene rings is 3. The standard InChI is InChI=1S/C28H31N5O5S/c1-32(2)20-9-11-21(12-10-20)33-27(18-15-23(36-4)26(38-6)24(16-18)37-5)30-31-28(33)39-17-25(34)29-19-7-13-22(35-3)14-8-19/h7-16H,17H2,1-6H3,(H,29,34). The molecule has 10 nitrogen and oxygen atoms in total. The molecule has 0 aliphatic rings. The zero-order valence-electron chi connectivity index (χ0n) is 22.7. The molecule has 4 rings (SSSR count). The van der Waals surface area contributed by atoms with E-state index in [1.807, 2.05) is 60.0 Å². The van der Waals surface area contributed by atoms with Gasteiger partial charge in [-0.25, -0.2) is 0 Å². The van der Waals surface area contributed by atoms with E-state index in [2.05, 4.69) is 15.5 Å². The Morgan fingerprint density at radius 2 is 1.51 bits per heavy atom. The normalized spacial score (nSPS) is 10.6. The van der Waals surface area contributed by atoms with E-state index < -0.39 is 0 Å². The highest BCUT2D eigenvalue weighted by Crippen LogP contribution is 2.41. The van der Waals surface area contributed by atoms with Gasteiger partial charge in [-0.15, -0.1) is 10.2 Å². The van der Waals surface area contributed by atoms with Gasteiger partial charge in [0.25, 0.3) is 0 Å². The molecule has 3 aromatic carbocycles. The molecule has 1 amide bonds. The minimum absolute atomic E-state index is 0.134. The maximum atomic E-state index is 12.7. The maximum Gasteiger partial charge on any atom is 0.234 e. The van der Waals surface area contributed by atoms with Crippen molar-refractivity contribution in [1.29, 1.82) is 0 Å². The van der Waals surface area contributed by atoms with E-state index in [-0.39, 0.29) is 11.7 Å². The maximum absolute atomic E-state index is 12.7. The quantitative estimate of drug-likeness (QED) is 0.265. The van der Waals surface area contributed by atoms with Crippen molar-refractivity contribution < 1.29 is 23.7 Å². The van der Waals surface area contributed by atoms with E-state index in [4.69, 9.17) is 18.9 Å². The van der Waals surface area contributed by atoms with Gasteiger partial charge < -0.3 is 29.2 Å². The number of amides is 1. The molecule has 0 spiro atoms. The summed E-state index contributed by atoms with van der Waals surface area (Å²) < 4.78 is 23.7. The molecule has 1 aromatic heterocycles. The molecule has 39 heavy (non-hydrogen) atoms. The predicted octanol–water partition coefficient (Wildman–Crippen LogP) is 4.77. The number of anilines is 2. The Balaban J connectivity index is 1.69. The van der Waals surface area contributed by atoms with Crippen molar-refractivity contribution in [1.82, 2.24) is 14.8 Å². The number of thioether (sulfide) groups is 1. The second-order valence-electron chi connectivity index (χ2n) is 8.53. The summed E-state index contributed by atoms with van der Waals surface area (Å²) in [5, 5.41) is 12.4. The summed E-state index contributed by atoms with van der Waals surface area (Å²) in [6, 6.07) is 18.8. The lowest BCUT2D eigenvalue weighted by Gasteiger charge is -2.16. The van der Waals surface area contributed by atoms with Crippen molar-refractivity contribution >= 4 is 29.0 Å². The van der Waals surface area contributed by atoms with Crippen LogP contribution < -0.4 is 29.2 Å². The van der Waals surface area contributed by atoms with Gasteiger partial charge in [0.2, 0.25) is 11.7 Å². The molecule has 0 bridgehead atoms. The smallest absolute Gasteiger partial charge is 0.234 e. The van der Waals surface area contributed by atoms with Crippen LogP contribution in [0.2, 0.25) is 0 Å². The number of nitrogens with one attached hydrogen (secondary N) is 1. The van der Waals surface area contributed by atoms with Crippen molar-refractivity contribution in [2.45, 2.75) is 5.16 Å². The third-order valence-electron chi connectivity index (χ3n) is 5.89. The van der Waals surface area contributed by atoms with Crippen molar-refractivity contribution in [3.05, 3.63) is 60.7 Å². The first-order valence-electron chi connectivity index (χ1n) is 12.0. The molecule has 1 heterocycles. The van der Waals surface area contributed by atoms with Crippen molar-refractivity contribution in [3.63, 3.8) is 0 Å². The average Bonchev–Trinajstić information content (AvgIpc) is 3.39. The highest BCUT2D eigenvalue weighted by Gasteiger charge is 2.21. The van der Waals surface area contributed by atoms with Crippen LogP contribution in [0.3, 0.4) is 0 Å². The summed E-state index contributed by atoms with van der Waals surface area (Å²) in [5.41, 5.74) is 3.28. The number of carbonyl (C=O) groups excluding carboxylic acids is 1. The molecule has 0 atom stereocenters. The first-order chi connectivity index (χ1) is 18.9. The number of nitrogens with zero attached hydrogens (tertiary/aromatic N) is 4. The molecule has 0 saturated carbocycles. The summed E-state index contributed by atoms with van der Waals surface area (Å²) in [4.78, 5) is 14.8. The SMILES string of the molecule is COc1ccc(NC(=O)CSc2nnc(-c3cc(OC)c(OC)c(OC)c3)n2-c2ccc(N(C)C)cc2)cc1. The third kappa shape index (κ3) is 6.20. The van der Waals surface area contributed by atoms with Crippen LogP contribution in [0, 0.1) is 0 Å². The lowest BCUT2D eigenvalue weighted by Crippen LogP contribution is -2.14. The number of rotatable bonds is 11. The van der Waals surface area contributed by atoms with Gasteiger partial charge in [0.15, 0.2) is 22.5 Å². The Labute approximate surface area is 231 Å². The molecule has 0 unspecified atom stereocenters. The molecule has 0 radical (unpaired) electrons. The molecule has 0 fully saturated rings. The van der Waals surface area contributed by atoms with E-state index >= 15 is 0 Å². The Morgan fingerprint density at radius 3 is 2.05 bits per heavy atom. The Hall–Kier alpha value is -4.38. The Kier molecular flexibility index (Phi) is 8.82. The topological polar surface area (TPSA) is 100.0 Å². The van der Waals surface area contributed by atoms with Gasteiger partial charge in [-0.3, -0.25) is 9.36 Å². The molecule has 0 saturated heterocycles. The lowest BCUT2D eigenvalue weighted by atomic mass is 10.1. The van der Waals surface area contributed by atoms with E-state index in [0.717, 1.165) is 17.1 Å². The van der Waals surface area contributed by atoms with Crippen LogP contribution in [0.1, 0.15) is 0 Å². The predicted molar refractivity (Wildman–Crippen MR) is 153 cm³/mol. The summed E-state index contributed by atoms with van der Waals surface area (Å²) in [5.74, 6) is 2.72. The average molecular weight is 550 g/mol. The van der Waals surface area contributed by atoms with Gasteiger partial charge in [0.05, 0.1) is 34.2 Å².